The molecule has 1 aromatic carbocycles. The first kappa shape index (κ1) is 13.4. The molecule has 19 heavy (non-hydrogen) atoms. The van der Waals surface area contributed by atoms with E-state index in [4.69, 9.17) is 10.5 Å². The first-order valence-electron chi connectivity index (χ1n) is 6.47. The lowest BCUT2D eigenvalue weighted by atomic mass is 10.1. The molecule has 102 valence electrons. The van der Waals surface area contributed by atoms with Crippen molar-refractivity contribution >= 4 is 11.8 Å². The largest absolute Gasteiger partial charge is 0.484 e. The van der Waals surface area contributed by atoms with Crippen LogP contribution in [0.2, 0.25) is 0 Å². The van der Waals surface area contributed by atoms with Crippen molar-refractivity contribution < 1.29 is 14.3 Å². The van der Waals surface area contributed by atoms with E-state index in [-0.39, 0.29) is 12.5 Å². The molecular formula is C14H18N2O3. The van der Waals surface area contributed by atoms with E-state index in [2.05, 4.69) is 5.32 Å². The molecule has 1 saturated carbocycles. The SMILES string of the molecule is NC(=O)COc1ccc(C(=O)NC2CCCC2)cc1. The number of nitrogens with two attached hydrogens (primary N) is 1. The molecule has 0 bridgehead atoms. The minimum atomic E-state index is -0.525. The maximum atomic E-state index is 12.0. The minimum Gasteiger partial charge on any atom is -0.484 e. The van der Waals surface area contributed by atoms with Crippen LogP contribution < -0.4 is 15.8 Å². The summed E-state index contributed by atoms with van der Waals surface area (Å²) in [4.78, 5) is 22.5. The molecule has 2 rings (SSSR count). The molecule has 0 spiro atoms. The van der Waals surface area contributed by atoms with Crippen molar-refractivity contribution in [3.63, 3.8) is 0 Å². The van der Waals surface area contributed by atoms with Gasteiger partial charge >= 0.3 is 0 Å². The first-order valence-corrected chi connectivity index (χ1v) is 6.47. The summed E-state index contributed by atoms with van der Waals surface area (Å²) in [6.07, 6.45) is 4.49. The molecule has 0 atom stereocenters. The molecule has 1 aromatic rings. The molecule has 0 aliphatic heterocycles. The van der Waals surface area contributed by atoms with Gasteiger partial charge in [0, 0.05) is 11.6 Å². The second kappa shape index (κ2) is 6.22. The van der Waals surface area contributed by atoms with E-state index in [0.29, 0.717) is 17.4 Å². The van der Waals surface area contributed by atoms with Gasteiger partial charge in [-0.1, -0.05) is 12.8 Å². The Hall–Kier alpha value is -2.04. The molecule has 1 aliphatic carbocycles. The second-order valence-electron chi connectivity index (χ2n) is 4.73. The standard InChI is InChI=1S/C14H18N2O3/c15-13(17)9-19-12-7-5-10(6-8-12)14(18)16-11-3-1-2-4-11/h5-8,11H,1-4,9H2,(H2,15,17)(H,16,18). The Bertz CT molecular complexity index is 450. The van der Waals surface area contributed by atoms with Crippen LogP contribution in [0.3, 0.4) is 0 Å². The summed E-state index contributed by atoms with van der Waals surface area (Å²) in [5, 5.41) is 3.01. The zero-order valence-corrected chi connectivity index (χ0v) is 10.7. The van der Waals surface area contributed by atoms with Gasteiger partial charge in [-0.25, -0.2) is 0 Å². The highest BCUT2D eigenvalue weighted by Gasteiger charge is 2.17. The van der Waals surface area contributed by atoms with Crippen molar-refractivity contribution in [2.45, 2.75) is 31.7 Å². The number of nitrogens with one attached hydrogen (secondary N) is 1. The fourth-order valence-electron chi connectivity index (χ4n) is 2.20. The summed E-state index contributed by atoms with van der Waals surface area (Å²) in [6, 6.07) is 6.98. The Morgan fingerprint density at radius 3 is 2.42 bits per heavy atom. The van der Waals surface area contributed by atoms with Gasteiger partial charge < -0.3 is 15.8 Å². The first-order chi connectivity index (χ1) is 9.15. The fourth-order valence-corrected chi connectivity index (χ4v) is 2.20. The monoisotopic (exact) mass is 262 g/mol. The number of carbonyl (C=O) groups is 2. The zero-order chi connectivity index (χ0) is 13.7. The molecule has 5 nitrogen and oxygen atoms in total. The number of benzene rings is 1. The molecule has 0 heterocycles. The van der Waals surface area contributed by atoms with Gasteiger partial charge in [0.1, 0.15) is 5.75 Å². The van der Waals surface area contributed by atoms with Crippen LogP contribution in [0.4, 0.5) is 0 Å². The van der Waals surface area contributed by atoms with Gasteiger partial charge in [0.25, 0.3) is 11.8 Å². The van der Waals surface area contributed by atoms with Crippen molar-refractivity contribution in [2.75, 3.05) is 6.61 Å². The molecular weight excluding hydrogens is 244 g/mol. The van der Waals surface area contributed by atoms with Crippen molar-refractivity contribution in [3.05, 3.63) is 29.8 Å². The van der Waals surface area contributed by atoms with E-state index in [9.17, 15) is 9.59 Å². The lowest BCUT2D eigenvalue weighted by molar-refractivity contribution is -0.119. The number of amides is 2. The highest BCUT2D eigenvalue weighted by atomic mass is 16.5. The highest BCUT2D eigenvalue weighted by Crippen LogP contribution is 2.18. The Kier molecular flexibility index (Phi) is 4.39. The lowest BCUT2D eigenvalue weighted by Gasteiger charge is -2.12. The van der Waals surface area contributed by atoms with E-state index >= 15 is 0 Å². The molecule has 0 aromatic heterocycles. The van der Waals surface area contributed by atoms with Gasteiger partial charge in [-0.3, -0.25) is 9.59 Å². The van der Waals surface area contributed by atoms with Gasteiger partial charge in [0.15, 0.2) is 6.61 Å². The Balaban J connectivity index is 1.89. The molecule has 5 heteroatoms. The van der Waals surface area contributed by atoms with Crippen molar-refractivity contribution in [2.24, 2.45) is 5.73 Å². The van der Waals surface area contributed by atoms with Crippen molar-refractivity contribution in [3.8, 4) is 5.75 Å². The van der Waals surface area contributed by atoms with E-state index in [1.165, 1.54) is 12.8 Å². The Labute approximate surface area is 112 Å². The van der Waals surface area contributed by atoms with Crippen LogP contribution in [-0.2, 0) is 4.79 Å². The van der Waals surface area contributed by atoms with Crippen LogP contribution >= 0.6 is 0 Å². The Morgan fingerprint density at radius 1 is 1.21 bits per heavy atom. The summed E-state index contributed by atoms with van der Waals surface area (Å²) in [7, 11) is 0. The smallest absolute Gasteiger partial charge is 0.255 e. The predicted molar refractivity (Wildman–Crippen MR) is 70.9 cm³/mol. The second-order valence-corrected chi connectivity index (χ2v) is 4.73. The van der Waals surface area contributed by atoms with E-state index in [1.54, 1.807) is 24.3 Å². The van der Waals surface area contributed by atoms with E-state index in [1.807, 2.05) is 0 Å². The molecule has 2 amide bonds. The summed E-state index contributed by atoms with van der Waals surface area (Å²) in [6.45, 7) is -0.159. The van der Waals surface area contributed by atoms with E-state index in [0.717, 1.165) is 12.8 Å². The fraction of sp³-hybridized carbons (Fsp3) is 0.429. The van der Waals surface area contributed by atoms with Crippen LogP contribution in [-0.4, -0.2) is 24.5 Å². The average molecular weight is 262 g/mol. The topological polar surface area (TPSA) is 81.4 Å². The number of primary amides is 1. The predicted octanol–water partition coefficient (Wildman–Crippen LogP) is 1.22. The summed E-state index contributed by atoms with van der Waals surface area (Å²) in [5.74, 6) is -0.0624. The average Bonchev–Trinajstić information content (AvgIpc) is 2.89. The van der Waals surface area contributed by atoms with Crippen LogP contribution in [0, 0.1) is 0 Å². The van der Waals surface area contributed by atoms with Crippen LogP contribution in [0.5, 0.6) is 5.75 Å². The number of hydrogen-bond acceptors (Lipinski definition) is 3. The van der Waals surface area contributed by atoms with Crippen LogP contribution in [0.15, 0.2) is 24.3 Å². The lowest BCUT2D eigenvalue weighted by Crippen LogP contribution is -2.32. The van der Waals surface area contributed by atoms with Crippen molar-refractivity contribution in [1.82, 2.24) is 5.32 Å². The van der Waals surface area contributed by atoms with Gasteiger partial charge in [0.2, 0.25) is 0 Å². The number of carbonyl (C=O) groups excluding carboxylic acids is 2. The minimum absolute atomic E-state index is 0.0617. The summed E-state index contributed by atoms with van der Waals surface area (Å²) < 4.78 is 5.13. The molecule has 1 fully saturated rings. The molecule has 3 N–H and O–H groups in total. The van der Waals surface area contributed by atoms with Crippen LogP contribution in [0.25, 0.3) is 0 Å². The normalized spacial score (nSPS) is 15.2. The van der Waals surface area contributed by atoms with Gasteiger partial charge in [-0.05, 0) is 37.1 Å². The van der Waals surface area contributed by atoms with Crippen LogP contribution in [0.1, 0.15) is 36.0 Å². The summed E-state index contributed by atoms with van der Waals surface area (Å²) >= 11 is 0. The van der Waals surface area contributed by atoms with Gasteiger partial charge in [0.05, 0.1) is 0 Å². The highest BCUT2D eigenvalue weighted by molar-refractivity contribution is 5.94. The third-order valence-electron chi connectivity index (χ3n) is 3.19. The third kappa shape index (κ3) is 3.98. The maximum Gasteiger partial charge on any atom is 0.255 e. The molecule has 0 unspecified atom stereocenters. The zero-order valence-electron chi connectivity index (χ0n) is 10.7. The number of ether oxygens (including phenoxy) is 1. The Morgan fingerprint density at radius 2 is 1.84 bits per heavy atom. The van der Waals surface area contributed by atoms with Gasteiger partial charge in [-0.2, -0.15) is 0 Å². The maximum absolute atomic E-state index is 12.0. The number of rotatable bonds is 5. The van der Waals surface area contributed by atoms with Crippen molar-refractivity contribution in [1.29, 1.82) is 0 Å². The van der Waals surface area contributed by atoms with Gasteiger partial charge in [-0.15, -0.1) is 0 Å². The molecule has 0 saturated heterocycles. The quantitative estimate of drug-likeness (QED) is 0.837. The molecule has 1 aliphatic rings. The third-order valence-corrected chi connectivity index (χ3v) is 3.19. The van der Waals surface area contributed by atoms with E-state index < -0.39 is 5.91 Å². The summed E-state index contributed by atoms with van der Waals surface area (Å²) in [5.41, 5.74) is 5.58. The molecule has 0 radical (unpaired) electrons. The number of hydrogen-bond donors (Lipinski definition) is 2.